The van der Waals surface area contributed by atoms with Crippen molar-refractivity contribution >= 4 is 24.6 Å². The fraction of sp³-hybridized carbons (Fsp3) is 0.493. The molecule has 1 N–H and O–H groups in total. The summed E-state index contributed by atoms with van der Waals surface area (Å²) >= 11 is 0. The standard InChI is InChI=1S/C26H32N2O4.C21H24N2O2.C20H31NO3.ClH/c1-25(2,3)32-24(29)28-14-13-23(20-9-11-21(30-5)12-10-20)26(4,17-28)18-31-22-8-6-7-19(15-22)16-27;1-21(15-25-19-5-3-4-16(12-19)13-22)14-23-11-10-20(21)17-6-8-18(24-2)9-7-17;1-7-20(5)14-21(18(22)24-19(2,3)4)13-12-17(20)15-8-10-16(23-6)11-9-15;/h6-12,15,23H,13-14,17-18H2,1-5H3;3-9,12,20,23H,10-11,14-15H2,1-2H3;8-11,17H,7,12-14H2,1-6H3;1H/t23-,26+;20-,21+;17-,20-;/m000./s1. The molecular formula is C67H88ClN5O9. The van der Waals surface area contributed by atoms with Crippen molar-refractivity contribution in [1.82, 2.24) is 15.1 Å². The van der Waals surface area contributed by atoms with Crippen LogP contribution in [0.1, 0.15) is 140 Å². The average Bonchev–Trinajstić information content (AvgIpc) is 2.84. The van der Waals surface area contributed by atoms with Gasteiger partial charge in [-0.05, 0) is 186 Å². The van der Waals surface area contributed by atoms with Crippen molar-refractivity contribution in [2.24, 2.45) is 16.2 Å². The summed E-state index contributed by atoms with van der Waals surface area (Å²) in [5.74, 6) is 5.00. The van der Waals surface area contributed by atoms with Crippen molar-refractivity contribution in [3.05, 3.63) is 149 Å². The number of carbonyl (C=O) groups is 2. The Bertz CT molecular complexity index is 2910. The molecular weight excluding hydrogens is 1050 g/mol. The van der Waals surface area contributed by atoms with Crippen molar-refractivity contribution in [2.75, 3.05) is 73.8 Å². The van der Waals surface area contributed by atoms with Crippen LogP contribution < -0.4 is 29.0 Å². The van der Waals surface area contributed by atoms with Crippen molar-refractivity contribution in [2.45, 2.75) is 124 Å². The van der Waals surface area contributed by atoms with E-state index in [9.17, 15) is 14.9 Å². The Balaban J connectivity index is 0.000000227. The van der Waals surface area contributed by atoms with Gasteiger partial charge in [-0.25, -0.2) is 9.59 Å². The van der Waals surface area contributed by atoms with E-state index in [1.165, 1.54) is 16.7 Å². The number of nitrogens with one attached hydrogen (secondary N) is 1. The van der Waals surface area contributed by atoms with Crippen LogP contribution in [0.2, 0.25) is 0 Å². The highest BCUT2D eigenvalue weighted by molar-refractivity contribution is 5.85. The van der Waals surface area contributed by atoms with Crippen molar-refractivity contribution in [1.29, 1.82) is 10.5 Å². The molecule has 0 spiro atoms. The minimum atomic E-state index is -0.547. The van der Waals surface area contributed by atoms with Crippen molar-refractivity contribution in [3.63, 3.8) is 0 Å². The molecule has 0 saturated carbocycles. The highest BCUT2D eigenvalue weighted by Crippen LogP contribution is 2.47. The molecule has 0 bridgehead atoms. The molecule has 3 aliphatic rings. The van der Waals surface area contributed by atoms with Crippen molar-refractivity contribution in [3.8, 4) is 40.9 Å². The quantitative estimate of drug-likeness (QED) is 0.119. The van der Waals surface area contributed by atoms with Crippen molar-refractivity contribution < 1.29 is 42.7 Å². The van der Waals surface area contributed by atoms with Crippen LogP contribution in [0, 0.1) is 38.9 Å². The number of hydrogen-bond donors (Lipinski definition) is 1. The van der Waals surface area contributed by atoms with Gasteiger partial charge in [0.25, 0.3) is 0 Å². The largest absolute Gasteiger partial charge is 0.497 e. The van der Waals surface area contributed by atoms with Crippen LogP contribution in [-0.2, 0) is 9.47 Å². The van der Waals surface area contributed by atoms with Gasteiger partial charge in [0.2, 0.25) is 0 Å². The second kappa shape index (κ2) is 29.2. The first-order valence-electron chi connectivity index (χ1n) is 28.3. The van der Waals surface area contributed by atoms with E-state index in [4.69, 9.17) is 38.4 Å². The molecule has 3 fully saturated rings. The number of nitriles is 2. The Labute approximate surface area is 494 Å². The SMILES string of the molecule is CC[C@@]1(C)CN(C(=O)OC(C)(C)C)CC[C@H]1c1ccc(OC)cc1.COc1ccc([C@@H]2CCN(C(=O)OC(C)(C)C)C[C@]2(C)COc2cccc(C#N)c2)cc1.COc1ccc([C@@H]2CCNC[C@]2(C)COc2cccc(C#N)c2)cc1.Cl. The lowest BCUT2D eigenvalue weighted by molar-refractivity contribution is -0.00827. The number of nitrogens with zero attached hydrogens (tertiary/aromatic N) is 4. The summed E-state index contributed by atoms with van der Waals surface area (Å²) in [4.78, 5) is 28.9. The number of ether oxygens (including phenoxy) is 7. The fourth-order valence-corrected chi connectivity index (χ4v) is 11.3. The Hall–Kier alpha value is -7.13. The van der Waals surface area contributed by atoms with E-state index in [1.807, 2.05) is 107 Å². The lowest BCUT2D eigenvalue weighted by Crippen LogP contribution is -2.52. The Morgan fingerprint density at radius 3 is 1.28 bits per heavy atom. The van der Waals surface area contributed by atoms with Crippen LogP contribution in [0.5, 0.6) is 28.7 Å². The van der Waals surface area contributed by atoms with Gasteiger partial charge < -0.3 is 48.3 Å². The summed E-state index contributed by atoms with van der Waals surface area (Å²) in [6.45, 7) is 25.8. The normalized spacial score (nSPS) is 22.3. The van der Waals surface area contributed by atoms with E-state index in [-0.39, 0.29) is 46.8 Å². The third kappa shape index (κ3) is 18.2. The summed E-state index contributed by atoms with van der Waals surface area (Å²) in [7, 11) is 5.03. The van der Waals surface area contributed by atoms with Crippen LogP contribution in [0.15, 0.2) is 121 Å². The van der Waals surface area contributed by atoms with E-state index in [0.29, 0.717) is 55.0 Å². The maximum absolute atomic E-state index is 12.8. The summed E-state index contributed by atoms with van der Waals surface area (Å²) in [5, 5.41) is 21.7. The van der Waals surface area contributed by atoms with E-state index in [0.717, 1.165) is 74.9 Å². The van der Waals surface area contributed by atoms with Gasteiger partial charge in [-0.15, -0.1) is 12.4 Å². The number of carbonyl (C=O) groups excluding carboxylic acids is 2. The highest BCUT2D eigenvalue weighted by atomic mass is 35.5. The monoisotopic (exact) mass is 1140 g/mol. The summed E-state index contributed by atoms with van der Waals surface area (Å²) in [6.07, 6.45) is 3.34. The minimum Gasteiger partial charge on any atom is -0.497 e. The number of piperidine rings is 3. The molecule has 6 atom stereocenters. The van der Waals surface area contributed by atoms with E-state index in [1.54, 1.807) is 50.5 Å². The third-order valence-electron chi connectivity index (χ3n) is 15.9. The highest BCUT2D eigenvalue weighted by Gasteiger charge is 2.45. The molecule has 2 amide bonds. The molecule has 5 aromatic carbocycles. The number of methoxy groups -OCH3 is 3. The zero-order valence-corrected chi connectivity index (χ0v) is 51.5. The first-order chi connectivity index (χ1) is 38.5. The predicted molar refractivity (Wildman–Crippen MR) is 325 cm³/mol. The van der Waals surface area contributed by atoms with Gasteiger partial charge in [-0.2, -0.15) is 10.5 Å². The first-order valence-corrected chi connectivity index (χ1v) is 28.3. The summed E-state index contributed by atoms with van der Waals surface area (Å²) in [6, 6.07) is 43.6. The van der Waals surface area contributed by atoms with Crippen LogP contribution in [-0.4, -0.2) is 107 Å². The number of rotatable bonds is 13. The van der Waals surface area contributed by atoms with Gasteiger partial charge in [0.05, 0.1) is 57.8 Å². The molecule has 8 rings (SSSR count). The summed E-state index contributed by atoms with van der Waals surface area (Å²) in [5.41, 5.74) is 3.68. The number of halogens is 1. The Kier molecular flexibility index (Phi) is 23.4. The third-order valence-corrected chi connectivity index (χ3v) is 15.9. The number of benzene rings is 5. The maximum atomic E-state index is 12.8. The Morgan fingerprint density at radius 2 is 0.915 bits per heavy atom. The van der Waals surface area contributed by atoms with Gasteiger partial charge >= 0.3 is 12.2 Å². The molecule has 0 aromatic heterocycles. The minimum absolute atomic E-state index is 0. The maximum Gasteiger partial charge on any atom is 0.410 e. The molecule has 3 heterocycles. The van der Waals surface area contributed by atoms with Gasteiger partial charge in [0.1, 0.15) is 39.9 Å². The van der Waals surface area contributed by atoms with Gasteiger partial charge in [0.15, 0.2) is 0 Å². The zero-order chi connectivity index (χ0) is 59.0. The predicted octanol–water partition coefficient (Wildman–Crippen LogP) is 14.4. The van der Waals surface area contributed by atoms with Crippen LogP contribution in [0.4, 0.5) is 9.59 Å². The van der Waals surface area contributed by atoms with Crippen LogP contribution >= 0.6 is 12.4 Å². The molecule has 3 saturated heterocycles. The van der Waals surface area contributed by atoms with E-state index in [2.05, 4.69) is 81.5 Å². The van der Waals surface area contributed by atoms with Gasteiger partial charge in [-0.3, -0.25) is 0 Å². The second-order valence-electron chi connectivity index (χ2n) is 24.5. The van der Waals surface area contributed by atoms with Gasteiger partial charge in [0, 0.05) is 43.6 Å². The zero-order valence-electron chi connectivity index (χ0n) is 50.6. The molecule has 15 heteroatoms. The molecule has 442 valence electrons. The number of amides is 2. The van der Waals surface area contributed by atoms with Crippen LogP contribution in [0.25, 0.3) is 0 Å². The molecule has 0 aliphatic carbocycles. The lowest BCUT2D eigenvalue weighted by Gasteiger charge is -2.46. The van der Waals surface area contributed by atoms with Gasteiger partial charge in [-0.1, -0.05) is 76.2 Å². The molecule has 0 radical (unpaired) electrons. The van der Waals surface area contributed by atoms with E-state index < -0.39 is 11.2 Å². The summed E-state index contributed by atoms with van der Waals surface area (Å²) < 4.78 is 39.3. The number of hydrogen-bond acceptors (Lipinski definition) is 12. The average molecular weight is 1140 g/mol. The fourth-order valence-electron chi connectivity index (χ4n) is 11.3. The Morgan fingerprint density at radius 1 is 0.549 bits per heavy atom. The number of likely N-dealkylation sites (tertiary alicyclic amines) is 2. The smallest absolute Gasteiger partial charge is 0.410 e. The molecule has 14 nitrogen and oxygen atoms in total. The molecule has 0 unspecified atom stereocenters. The topological polar surface area (TPSA) is 165 Å². The first kappa shape index (κ1) is 65.7. The lowest BCUT2D eigenvalue weighted by atomic mass is 9.67. The molecule has 82 heavy (non-hydrogen) atoms. The molecule has 3 aliphatic heterocycles. The van der Waals surface area contributed by atoms with E-state index >= 15 is 0 Å². The second-order valence-corrected chi connectivity index (χ2v) is 24.5. The molecule has 5 aromatic rings. The van der Waals surface area contributed by atoms with Crippen LogP contribution in [0.3, 0.4) is 0 Å².